The van der Waals surface area contributed by atoms with Crippen molar-refractivity contribution in [3.8, 4) is 5.88 Å². The summed E-state index contributed by atoms with van der Waals surface area (Å²) in [4.78, 5) is 10.4. The molecule has 2 N–H and O–H groups in total. The van der Waals surface area contributed by atoms with Gasteiger partial charge in [0.25, 0.3) is 5.88 Å². The van der Waals surface area contributed by atoms with Crippen LogP contribution in [0.3, 0.4) is 0 Å². The molecule has 0 aromatic carbocycles. The van der Waals surface area contributed by atoms with Crippen LogP contribution in [0.1, 0.15) is 0 Å². The number of hydrogen-bond donors (Lipinski definition) is 2. The van der Waals surface area contributed by atoms with E-state index in [1.54, 1.807) is 0 Å². The van der Waals surface area contributed by atoms with Crippen molar-refractivity contribution in [1.29, 1.82) is 0 Å². The summed E-state index contributed by atoms with van der Waals surface area (Å²) >= 11 is 2.68. The summed E-state index contributed by atoms with van der Waals surface area (Å²) in [6.45, 7) is 0. The number of carbonyl (C=O) groups is 1. The Morgan fingerprint density at radius 1 is 1.90 bits per heavy atom. The quantitative estimate of drug-likeness (QED) is 0.644. The van der Waals surface area contributed by atoms with Crippen molar-refractivity contribution in [3.63, 3.8) is 0 Å². The van der Waals surface area contributed by atoms with Gasteiger partial charge in [-0.05, 0) is 0 Å². The first-order valence-electron chi connectivity index (χ1n) is 2.27. The van der Waals surface area contributed by atoms with Crippen LogP contribution >= 0.6 is 16.1 Å². The maximum atomic E-state index is 10.4. The van der Waals surface area contributed by atoms with Crippen molar-refractivity contribution < 1.29 is 9.53 Å². The predicted octanol–water partition coefficient (Wildman–Crippen LogP) is 0.203. The molecule has 7 heteroatoms. The Hall–Kier alpha value is -1.11. The van der Waals surface area contributed by atoms with E-state index in [2.05, 4.69) is 40.6 Å². The fourth-order valence-corrected chi connectivity index (χ4v) is 0.435. The molecule has 0 radical (unpaired) electrons. The molecule has 1 heterocycles. The van der Waals surface area contributed by atoms with Crippen molar-refractivity contribution >= 4 is 22.2 Å². The monoisotopic (exact) mass is 206 g/mol. The lowest BCUT2D eigenvalue weighted by Gasteiger charge is -1.93. The zero-order valence-electron chi connectivity index (χ0n) is 4.67. The number of H-pyrrole nitrogens is 1. The highest BCUT2D eigenvalue weighted by atomic mass is 79.9. The Morgan fingerprint density at radius 2 is 2.70 bits per heavy atom. The molecule has 0 spiro atoms. The first-order valence-corrected chi connectivity index (χ1v) is 3.06. The van der Waals surface area contributed by atoms with Gasteiger partial charge in [0, 0.05) is 0 Å². The van der Waals surface area contributed by atoms with Crippen LogP contribution in [0.5, 0.6) is 5.88 Å². The topological polar surface area (TPSA) is 79.9 Å². The number of aromatic amines is 1. The number of hydrogen-bond acceptors (Lipinski definition) is 4. The molecule has 0 aliphatic carbocycles. The van der Waals surface area contributed by atoms with E-state index in [-0.39, 0.29) is 5.88 Å². The van der Waals surface area contributed by atoms with E-state index in [1.165, 1.54) is 6.20 Å². The van der Waals surface area contributed by atoms with Gasteiger partial charge >= 0.3 is 6.09 Å². The van der Waals surface area contributed by atoms with Crippen LogP contribution in [0.25, 0.3) is 0 Å². The van der Waals surface area contributed by atoms with Gasteiger partial charge in [0.15, 0.2) is 0 Å². The molecule has 0 aliphatic heterocycles. The molecule has 0 fully saturated rings. The van der Waals surface area contributed by atoms with Crippen LogP contribution in [0.15, 0.2) is 6.20 Å². The minimum Gasteiger partial charge on any atom is -0.387 e. The molecule has 0 atom stereocenters. The second-order valence-electron chi connectivity index (χ2n) is 1.29. The van der Waals surface area contributed by atoms with Crippen molar-refractivity contribution in [2.24, 2.45) is 0 Å². The van der Waals surface area contributed by atoms with E-state index in [0.717, 1.165) is 0 Å². The molecule has 0 unspecified atom stereocenters. The number of rotatable bonds is 1. The third kappa shape index (κ3) is 1.69. The average Bonchev–Trinajstić information content (AvgIpc) is 2.40. The SMILES string of the molecule is O=C(NBr)Oc1cn[nH]n1. The lowest BCUT2D eigenvalue weighted by atomic mass is 10.8. The van der Waals surface area contributed by atoms with Gasteiger partial charge in [-0.15, -0.1) is 5.10 Å². The summed E-state index contributed by atoms with van der Waals surface area (Å²) in [6, 6.07) is 0. The van der Waals surface area contributed by atoms with E-state index < -0.39 is 6.09 Å². The summed E-state index contributed by atoms with van der Waals surface area (Å²) in [5.74, 6) is 0.122. The highest BCUT2D eigenvalue weighted by Crippen LogP contribution is 1.99. The Bertz CT molecular complexity index is 210. The lowest BCUT2D eigenvalue weighted by Crippen LogP contribution is -2.16. The van der Waals surface area contributed by atoms with Crippen molar-refractivity contribution in [2.45, 2.75) is 0 Å². The van der Waals surface area contributed by atoms with Gasteiger partial charge in [-0.1, -0.05) is 0 Å². The largest absolute Gasteiger partial charge is 0.424 e. The van der Waals surface area contributed by atoms with Crippen molar-refractivity contribution in [2.75, 3.05) is 0 Å². The molecule has 1 amide bonds. The highest BCUT2D eigenvalue weighted by Gasteiger charge is 2.02. The number of nitrogens with zero attached hydrogens (tertiary/aromatic N) is 2. The lowest BCUT2D eigenvalue weighted by molar-refractivity contribution is 0.206. The second-order valence-corrected chi connectivity index (χ2v) is 1.69. The van der Waals surface area contributed by atoms with Crippen molar-refractivity contribution in [1.82, 2.24) is 19.8 Å². The van der Waals surface area contributed by atoms with Crippen LogP contribution in [0, 0.1) is 0 Å². The second kappa shape index (κ2) is 3.16. The molecule has 1 aromatic heterocycles. The zero-order chi connectivity index (χ0) is 7.40. The number of nitrogens with one attached hydrogen (secondary N) is 2. The summed E-state index contributed by atoms with van der Waals surface area (Å²) in [5.41, 5.74) is 0. The minimum absolute atomic E-state index is 0.122. The first kappa shape index (κ1) is 7.00. The maximum Gasteiger partial charge on any atom is 0.424 e. The molecular weight excluding hydrogens is 204 g/mol. The Balaban J connectivity index is 2.48. The fourth-order valence-electron chi connectivity index (χ4n) is 0.355. The van der Waals surface area contributed by atoms with Gasteiger partial charge in [0.1, 0.15) is 6.20 Å². The summed E-state index contributed by atoms with van der Waals surface area (Å²) < 4.78 is 6.57. The van der Waals surface area contributed by atoms with Gasteiger partial charge in [-0.3, -0.25) is 4.34 Å². The number of aromatic nitrogens is 3. The van der Waals surface area contributed by atoms with Gasteiger partial charge in [-0.2, -0.15) is 10.3 Å². The molecule has 6 nitrogen and oxygen atoms in total. The minimum atomic E-state index is -0.645. The summed E-state index contributed by atoms with van der Waals surface area (Å²) in [6.07, 6.45) is 0.635. The molecule has 0 bridgehead atoms. The number of carbonyl (C=O) groups excluding carboxylic acids is 1. The summed E-state index contributed by atoms with van der Waals surface area (Å²) in [7, 11) is 0. The predicted molar refractivity (Wildman–Crippen MR) is 34.5 cm³/mol. The zero-order valence-corrected chi connectivity index (χ0v) is 6.25. The first-order chi connectivity index (χ1) is 4.83. The van der Waals surface area contributed by atoms with Crippen LogP contribution in [-0.2, 0) is 0 Å². The van der Waals surface area contributed by atoms with Gasteiger partial charge in [0.2, 0.25) is 0 Å². The average molecular weight is 207 g/mol. The molecule has 10 heavy (non-hydrogen) atoms. The highest BCUT2D eigenvalue weighted by molar-refractivity contribution is 9.08. The van der Waals surface area contributed by atoms with Crippen molar-refractivity contribution in [3.05, 3.63) is 6.20 Å². The number of halogens is 1. The number of amides is 1. The molecule has 1 rings (SSSR count). The molecule has 0 saturated heterocycles. The van der Waals surface area contributed by atoms with Crippen LogP contribution in [-0.4, -0.2) is 21.5 Å². The molecule has 1 aromatic rings. The fraction of sp³-hybridized carbons (Fsp3) is 0. The molecule has 0 saturated carbocycles. The number of ether oxygens (including phenoxy) is 1. The van der Waals surface area contributed by atoms with E-state index in [0.29, 0.717) is 0 Å². The van der Waals surface area contributed by atoms with Crippen LogP contribution in [0.2, 0.25) is 0 Å². The Morgan fingerprint density at radius 3 is 3.20 bits per heavy atom. The van der Waals surface area contributed by atoms with Crippen LogP contribution in [0.4, 0.5) is 4.79 Å². The smallest absolute Gasteiger partial charge is 0.387 e. The van der Waals surface area contributed by atoms with E-state index >= 15 is 0 Å². The summed E-state index contributed by atoms with van der Waals surface area (Å²) in [5, 5.41) is 9.16. The van der Waals surface area contributed by atoms with Crippen LogP contribution < -0.4 is 9.08 Å². The molecular formula is C3H3BrN4O2. The van der Waals surface area contributed by atoms with Gasteiger partial charge in [0.05, 0.1) is 16.1 Å². The standard InChI is InChI=1S/C3H3BrN4O2/c4-6-3(9)10-2-1-5-8-7-2/h1H,(H,6,9)(H,5,7,8). The maximum absolute atomic E-state index is 10.4. The van der Waals surface area contributed by atoms with Gasteiger partial charge < -0.3 is 4.74 Å². The molecule has 54 valence electrons. The van der Waals surface area contributed by atoms with E-state index in [9.17, 15) is 4.79 Å². The normalized spacial score (nSPS) is 8.90. The third-order valence-electron chi connectivity index (χ3n) is 0.667. The Labute approximate surface area is 64.3 Å². The third-order valence-corrected chi connectivity index (χ3v) is 0.991. The Kier molecular flexibility index (Phi) is 2.21. The van der Waals surface area contributed by atoms with Gasteiger partial charge in [-0.25, -0.2) is 4.79 Å². The van der Waals surface area contributed by atoms with E-state index in [1.807, 2.05) is 0 Å². The van der Waals surface area contributed by atoms with E-state index in [4.69, 9.17) is 0 Å². The molecule has 0 aliphatic rings.